The van der Waals surface area contributed by atoms with Gasteiger partial charge in [-0.05, 0) is 24.6 Å². The number of likely N-dealkylation sites (N-methyl/N-ethyl adjacent to an activating group) is 1. The van der Waals surface area contributed by atoms with Crippen molar-refractivity contribution in [2.24, 2.45) is 0 Å². The molecule has 0 saturated heterocycles. The van der Waals surface area contributed by atoms with Gasteiger partial charge in [-0.3, -0.25) is 4.79 Å². The van der Waals surface area contributed by atoms with Crippen molar-refractivity contribution in [2.45, 2.75) is 12.5 Å². The Bertz CT molecular complexity index is 367. The molecule has 1 aromatic carbocycles. The van der Waals surface area contributed by atoms with E-state index in [1.165, 1.54) is 24.3 Å². The van der Waals surface area contributed by atoms with Crippen LogP contribution in [0.1, 0.15) is 12.5 Å². The number of halogens is 1. The summed E-state index contributed by atoms with van der Waals surface area (Å²) < 4.78 is 12.9. The third-order valence-electron chi connectivity index (χ3n) is 2.29. The lowest BCUT2D eigenvalue weighted by molar-refractivity contribution is -0.142. The molecule has 0 aliphatic rings. The predicted molar refractivity (Wildman–Crippen MR) is 59.4 cm³/mol. The highest BCUT2D eigenvalue weighted by atomic mass is 19.1. The first-order valence-corrected chi connectivity index (χ1v) is 4.97. The third-order valence-corrected chi connectivity index (χ3v) is 2.29. The van der Waals surface area contributed by atoms with Crippen molar-refractivity contribution in [2.75, 3.05) is 19.0 Å². The average molecular weight is 226 g/mol. The normalized spacial score (nSPS) is 14.2. The molecule has 0 saturated carbocycles. The molecule has 0 radical (unpaired) electrons. The Morgan fingerprint density at radius 3 is 2.50 bits per heavy atom. The predicted octanol–water partition coefficient (Wildman–Crippen LogP) is 0.562. The molecule has 1 aromatic rings. The van der Waals surface area contributed by atoms with Crippen LogP contribution in [-0.4, -0.2) is 24.2 Å². The molecule has 1 rings (SSSR count). The molecule has 0 bridgehead atoms. The minimum atomic E-state index is -2.14. The van der Waals surface area contributed by atoms with Crippen LogP contribution >= 0.6 is 0 Å². The minimum absolute atomic E-state index is 0.190. The molecular weight excluding hydrogens is 211 g/mol. The highest BCUT2D eigenvalue weighted by Crippen LogP contribution is 2.23. The van der Waals surface area contributed by atoms with Crippen LogP contribution < -0.4 is 11.1 Å². The maximum atomic E-state index is 12.9. The topological polar surface area (TPSA) is 75.3 Å². The number of anilines is 1. The SMILES string of the molecule is CCNC(=O)C(O)(CF)c1ccc(N)cc1. The van der Waals surface area contributed by atoms with Gasteiger partial charge in [-0.2, -0.15) is 0 Å². The lowest BCUT2D eigenvalue weighted by Gasteiger charge is -2.24. The van der Waals surface area contributed by atoms with Gasteiger partial charge in [0, 0.05) is 12.2 Å². The van der Waals surface area contributed by atoms with E-state index in [2.05, 4.69) is 5.32 Å². The summed E-state index contributed by atoms with van der Waals surface area (Å²) in [6, 6.07) is 5.89. The second-order valence-corrected chi connectivity index (χ2v) is 3.48. The van der Waals surface area contributed by atoms with Crippen molar-refractivity contribution in [1.29, 1.82) is 0 Å². The molecule has 0 aromatic heterocycles. The summed E-state index contributed by atoms with van der Waals surface area (Å²) in [6.07, 6.45) is 0. The van der Waals surface area contributed by atoms with Crippen molar-refractivity contribution in [1.82, 2.24) is 5.32 Å². The quantitative estimate of drug-likeness (QED) is 0.657. The number of rotatable bonds is 4. The number of hydrogen-bond acceptors (Lipinski definition) is 3. The van der Waals surface area contributed by atoms with Gasteiger partial charge in [-0.25, -0.2) is 4.39 Å². The third kappa shape index (κ3) is 2.30. The molecule has 4 nitrogen and oxygen atoms in total. The van der Waals surface area contributed by atoms with Crippen molar-refractivity contribution in [3.63, 3.8) is 0 Å². The number of carbonyl (C=O) groups excluding carboxylic acids is 1. The molecule has 0 fully saturated rings. The molecule has 0 spiro atoms. The summed E-state index contributed by atoms with van der Waals surface area (Å²) >= 11 is 0. The van der Waals surface area contributed by atoms with Gasteiger partial charge in [0.2, 0.25) is 0 Å². The van der Waals surface area contributed by atoms with Gasteiger partial charge in [0.15, 0.2) is 5.60 Å². The zero-order valence-electron chi connectivity index (χ0n) is 9.03. The van der Waals surface area contributed by atoms with E-state index in [4.69, 9.17) is 5.73 Å². The van der Waals surface area contributed by atoms with Gasteiger partial charge in [0.1, 0.15) is 6.67 Å². The highest BCUT2D eigenvalue weighted by Gasteiger charge is 2.37. The summed E-state index contributed by atoms with van der Waals surface area (Å²) in [4.78, 5) is 11.5. The molecule has 1 amide bonds. The van der Waals surface area contributed by atoms with E-state index in [1.807, 2.05) is 0 Å². The van der Waals surface area contributed by atoms with Crippen molar-refractivity contribution in [3.8, 4) is 0 Å². The Hall–Kier alpha value is -1.62. The van der Waals surface area contributed by atoms with E-state index in [9.17, 15) is 14.3 Å². The number of nitrogens with two attached hydrogens (primary N) is 1. The number of alkyl halides is 1. The number of carbonyl (C=O) groups is 1. The van der Waals surface area contributed by atoms with Crippen LogP contribution in [0.25, 0.3) is 0 Å². The summed E-state index contributed by atoms with van der Waals surface area (Å²) in [5, 5.41) is 12.3. The molecule has 0 aliphatic carbocycles. The Labute approximate surface area is 93.3 Å². The van der Waals surface area contributed by atoms with Crippen LogP contribution in [0.3, 0.4) is 0 Å². The molecule has 1 atom stereocenters. The summed E-state index contributed by atoms with van der Waals surface area (Å²) in [5.41, 5.74) is 4.01. The number of nitrogens with one attached hydrogen (secondary N) is 1. The zero-order valence-corrected chi connectivity index (χ0v) is 9.03. The maximum Gasteiger partial charge on any atom is 0.259 e. The van der Waals surface area contributed by atoms with Gasteiger partial charge in [0.05, 0.1) is 0 Å². The number of benzene rings is 1. The standard InChI is InChI=1S/C11H15FN2O2/c1-2-14-10(15)11(16,7-12)8-3-5-9(13)6-4-8/h3-6,16H,2,7,13H2,1H3,(H,14,15). The van der Waals surface area contributed by atoms with Crippen LogP contribution in [0, 0.1) is 0 Å². The Balaban J connectivity index is 3.04. The Morgan fingerprint density at radius 1 is 1.50 bits per heavy atom. The van der Waals surface area contributed by atoms with Crippen LogP contribution in [0.2, 0.25) is 0 Å². The fraction of sp³-hybridized carbons (Fsp3) is 0.364. The summed E-state index contributed by atoms with van der Waals surface area (Å²) in [6.45, 7) is 0.846. The van der Waals surface area contributed by atoms with Crippen LogP contribution in [0.4, 0.5) is 10.1 Å². The number of amides is 1. The average Bonchev–Trinajstić information content (AvgIpc) is 2.29. The smallest absolute Gasteiger partial charge is 0.259 e. The molecule has 0 heterocycles. The lowest BCUT2D eigenvalue weighted by atomic mass is 9.94. The highest BCUT2D eigenvalue weighted by molar-refractivity contribution is 5.86. The van der Waals surface area contributed by atoms with Gasteiger partial charge >= 0.3 is 0 Å². The van der Waals surface area contributed by atoms with Gasteiger partial charge < -0.3 is 16.2 Å². The van der Waals surface area contributed by atoms with Crippen LogP contribution in [0.15, 0.2) is 24.3 Å². The molecule has 16 heavy (non-hydrogen) atoms. The molecule has 1 unspecified atom stereocenters. The Kier molecular flexibility index (Phi) is 3.84. The summed E-state index contributed by atoms with van der Waals surface area (Å²) in [5.74, 6) is -0.748. The molecule has 4 N–H and O–H groups in total. The fourth-order valence-corrected chi connectivity index (χ4v) is 1.33. The second-order valence-electron chi connectivity index (χ2n) is 3.48. The van der Waals surface area contributed by atoms with E-state index >= 15 is 0 Å². The van der Waals surface area contributed by atoms with Crippen molar-refractivity contribution < 1.29 is 14.3 Å². The minimum Gasteiger partial charge on any atom is -0.399 e. The largest absolute Gasteiger partial charge is 0.399 e. The Morgan fingerprint density at radius 2 is 2.06 bits per heavy atom. The monoisotopic (exact) mass is 226 g/mol. The van der Waals surface area contributed by atoms with Gasteiger partial charge in [-0.15, -0.1) is 0 Å². The first-order chi connectivity index (χ1) is 7.54. The first kappa shape index (κ1) is 12.4. The number of aliphatic hydroxyl groups is 1. The van der Waals surface area contributed by atoms with Gasteiger partial charge in [-0.1, -0.05) is 12.1 Å². The van der Waals surface area contributed by atoms with E-state index < -0.39 is 18.2 Å². The van der Waals surface area contributed by atoms with E-state index in [0.29, 0.717) is 12.2 Å². The van der Waals surface area contributed by atoms with Crippen molar-refractivity contribution >= 4 is 11.6 Å². The van der Waals surface area contributed by atoms with E-state index in [-0.39, 0.29) is 5.56 Å². The lowest BCUT2D eigenvalue weighted by Crippen LogP contribution is -2.46. The first-order valence-electron chi connectivity index (χ1n) is 4.97. The van der Waals surface area contributed by atoms with E-state index in [0.717, 1.165) is 0 Å². The zero-order chi connectivity index (χ0) is 12.2. The molecule has 0 aliphatic heterocycles. The molecular formula is C11H15FN2O2. The maximum absolute atomic E-state index is 12.9. The van der Waals surface area contributed by atoms with E-state index in [1.54, 1.807) is 6.92 Å². The van der Waals surface area contributed by atoms with Crippen molar-refractivity contribution in [3.05, 3.63) is 29.8 Å². The second kappa shape index (κ2) is 4.94. The van der Waals surface area contributed by atoms with Crippen LogP contribution in [-0.2, 0) is 10.4 Å². The summed E-state index contributed by atoms with van der Waals surface area (Å²) in [7, 11) is 0. The fourth-order valence-electron chi connectivity index (χ4n) is 1.33. The molecule has 88 valence electrons. The molecule has 5 heteroatoms. The van der Waals surface area contributed by atoms with Gasteiger partial charge in [0.25, 0.3) is 5.91 Å². The number of nitrogen functional groups attached to an aromatic ring is 1. The number of hydrogen-bond donors (Lipinski definition) is 3. The van der Waals surface area contributed by atoms with Crippen LogP contribution in [0.5, 0.6) is 0 Å².